The molecule has 6 heteroatoms. The molecule has 1 aromatic heterocycles. The van der Waals surface area contributed by atoms with E-state index in [4.69, 9.17) is 11.5 Å². The Morgan fingerprint density at radius 3 is 2.42 bits per heavy atom. The summed E-state index contributed by atoms with van der Waals surface area (Å²) < 4.78 is 0. The van der Waals surface area contributed by atoms with Gasteiger partial charge in [0.05, 0.1) is 6.04 Å². The molecule has 1 aromatic carbocycles. The normalized spacial score (nSPS) is 12.2. The molecule has 0 aliphatic rings. The van der Waals surface area contributed by atoms with Gasteiger partial charge in [0.2, 0.25) is 11.9 Å². The second kappa shape index (κ2) is 5.62. The summed E-state index contributed by atoms with van der Waals surface area (Å²) in [5, 5.41) is 0. The highest BCUT2D eigenvalue weighted by molar-refractivity contribution is 5.33. The van der Waals surface area contributed by atoms with E-state index in [1.165, 1.54) is 0 Å². The Bertz CT molecular complexity index is 540. The molecule has 1 atom stereocenters. The first-order valence-corrected chi connectivity index (χ1v) is 6.04. The van der Waals surface area contributed by atoms with Gasteiger partial charge >= 0.3 is 0 Å². The van der Waals surface area contributed by atoms with Crippen molar-refractivity contribution in [3.63, 3.8) is 0 Å². The number of hydrogen-bond donors (Lipinski definition) is 2. The number of anilines is 2. The van der Waals surface area contributed by atoms with E-state index in [2.05, 4.69) is 15.0 Å². The predicted octanol–water partition coefficient (Wildman–Crippen LogP) is 0.762. The molecule has 0 aliphatic carbocycles. The zero-order chi connectivity index (χ0) is 13.8. The fraction of sp³-hybridized carbons (Fsp3) is 0.308. The summed E-state index contributed by atoms with van der Waals surface area (Å²) in [4.78, 5) is 14.3. The molecule has 19 heavy (non-hydrogen) atoms. The number of aromatic nitrogens is 3. The van der Waals surface area contributed by atoms with E-state index in [9.17, 15) is 0 Å². The number of hydrogen-bond acceptors (Lipinski definition) is 6. The Kier molecular flexibility index (Phi) is 3.91. The molecule has 0 spiro atoms. The molecular weight excluding hydrogens is 240 g/mol. The molecule has 1 unspecified atom stereocenters. The third-order valence-corrected chi connectivity index (χ3v) is 2.69. The van der Waals surface area contributed by atoms with E-state index in [-0.39, 0.29) is 12.0 Å². The molecule has 6 nitrogen and oxygen atoms in total. The van der Waals surface area contributed by atoms with Crippen molar-refractivity contribution in [3.05, 3.63) is 41.7 Å². The fourth-order valence-electron chi connectivity index (χ4n) is 1.72. The van der Waals surface area contributed by atoms with Crippen molar-refractivity contribution >= 4 is 11.9 Å². The topological polar surface area (TPSA) is 94.0 Å². The minimum absolute atomic E-state index is 0.192. The lowest BCUT2D eigenvalue weighted by Crippen LogP contribution is -2.21. The predicted molar refractivity (Wildman–Crippen MR) is 75.6 cm³/mol. The molecule has 100 valence electrons. The van der Waals surface area contributed by atoms with Crippen molar-refractivity contribution in [3.8, 4) is 0 Å². The van der Waals surface area contributed by atoms with Crippen LogP contribution in [0.4, 0.5) is 11.9 Å². The summed E-state index contributed by atoms with van der Waals surface area (Å²) in [5.74, 6) is 1.23. The minimum Gasteiger partial charge on any atom is -0.368 e. The lowest BCUT2D eigenvalue weighted by molar-refractivity contribution is 0.661. The first-order chi connectivity index (χ1) is 9.06. The van der Waals surface area contributed by atoms with Gasteiger partial charge in [-0.05, 0) is 12.0 Å². The lowest BCUT2D eigenvalue weighted by Gasteiger charge is -2.15. The van der Waals surface area contributed by atoms with Gasteiger partial charge < -0.3 is 16.4 Å². The lowest BCUT2D eigenvalue weighted by atomic mass is 10.1. The minimum atomic E-state index is -0.300. The van der Waals surface area contributed by atoms with Gasteiger partial charge in [-0.2, -0.15) is 15.0 Å². The molecular formula is C13H18N6. The maximum Gasteiger partial charge on any atom is 0.229 e. The maximum absolute atomic E-state index is 6.14. The smallest absolute Gasteiger partial charge is 0.229 e. The summed E-state index contributed by atoms with van der Waals surface area (Å²) in [7, 11) is 3.70. The molecule has 0 aliphatic heterocycles. The first kappa shape index (κ1) is 13.2. The van der Waals surface area contributed by atoms with Crippen molar-refractivity contribution in [1.82, 2.24) is 15.0 Å². The van der Waals surface area contributed by atoms with Gasteiger partial charge in [0.15, 0.2) is 5.82 Å². The van der Waals surface area contributed by atoms with Crippen LogP contribution >= 0.6 is 0 Å². The molecule has 0 saturated carbocycles. The summed E-state index contributed by atoms with van der Waals surface area (Å²) in [6.07, 6.45) is 0.664. The summed E-state index contributed by atoms with van der Waals surface area (Å²) in [6, 6.07) is 9.69. The SMILES string of the molecule is CN(C)c1nc(N)nc(C(N)Cc2ccccc2)n1. The molecule has 4 N–H and O–H groups in total. The van der Waals surface area contributed by atoms with E-state index >= 15 is 0 Å². The quantitative estimate of drug-likeness (QED) is 0.841. The van der Waals surface area contributed by atoms with Crippen LogP contribution < -0.4 is 16.4 Å². The Labute approximate surface area is 112 Å². The summed E-state index contributed by atoms with van der Waals surface area (Å²) >= 11 is 0. The van der Waals surface area contributed by atoms with Crippen molar-refractivity contribution in [2.45, 2.75) is 12.5 Å². The molecule has 0 amide bonds. The van der Waals surface area contributed by atoms with E-state index < -0.39 is 0 Å². The third kappa shape index (κ3) is 3.38. The van der Waals surface area contributed by atoms with Gasteiger partial charge in [-0.15, -0.1) is 0 Å². The summed E-state index contributed by atoms with van der Waals surface area (Å²) in [6.45, 7) is 0. The highest BCUT2D eigenvalue weighted by Gasteiger charge is 2.14. The second-order valence-corrected chi connectivity index (χ2v) is 4.54. The second-order valence-electron chi connectivity index (χ2n) is 4.54. The highest BCUT2D eigenvalue weighted by Crippen LogP contribution is 2.15. The average molecular weight is 258 g/mol. The zero-order valence-corrected chi connectivity index (χ0v) is 11.1. The first-order valence-electron chi connectivity index (χ1n) is 6.04. The van der Waals surface area contributed by atoms with Crippen LogP contribution in [0.3, 0.4) is 0 Å². The molecule has 0 saturated heterocycles. The van der Waals surface area contributed by atoms with Crippen LogP contribution in [0.2, 0.25) is 0 Å². The van der Waals surface area contributed by atoms with Gasteiger partial charge in [0.25, 0.3) is 0 Å². The number of nitrogen functional groups attached to an aromatic ring is 1. The standard InChI is InChI=1S/C13H18N6/c1-19(2)13-17-11(16-12(15)18-13)10(14)8-9-6-4-3-5-7-9/h3-7,10H,8,14H2,1-2H3,(H2,15,16,17,18). The Balaban J connectivity index is 2.21. The Morgan fingerprint density at radius 2 is 1.79 bits per heavy atom. The monoisotopic (exact) mass is 258 g/mol. The Morgan fingerprint density at radius 1 is 1.11 bits per heavy atom. The van der Waals surface area contributed by atoms with Crippen LogP contribution in [0.15, 0.2) is 30.3 Å². The molecule has 0 bridgehead atoms. The fourth-order valence-corrected chi connectivity index (χ4v) is 1.72. The van der Waals surface area contributed by atoms with Crippen molar-refractivity contribution < 1.29 is 0 Å². The van der Waals surface area contributed by atoms with Crippen LogP contribution in [0.1, 0.15) is 17.4 Å². The molecule has 2 rings (SSSR count). The number of rotatable bonds is 4. The number of benzene rings is 1. The number of nitrogens with two attached hydrogens (primary N) is 2. The highest BCUT2D eigenvalue weighted by atomic mass is 15.3. The number of nitrogens with zero attached hydrogens (tertiary/aromatic N) is 4. The van der Waals surface area contributed by atoms with E-state index in [0.717, 1.165) is 5.56 Å². The van der Waals surface area contributed by atoms with Crippen molar-refractivity contribution in [2.75, 3.05) is 24.7 Å². The zero-order valence-electron chi connectivity index (χ0n) is 11.1. The van der Waals surface area contributed by atoms with Crippen LogP contribution in [-0.4, -0.2) is 29.0 Å². The molecule has 1 heterocycles. The Hall–Kier alpha value is -2.21. The largest absolute Gasteiger partial charge is 0.368 e. The van der Waals surface area contributed by atoms with E-state index in [1.54, 1.807) is 4.90 Å². The van der Waals surface area contributed by atoms with E-state index in [1.807, 2.05) is 44.4 Å². The molecule has 0 fully saturated rings. The van der Waals surface area contributed by atoms with E-state index in [0.29, 0.717) is 18.2 Å². The van der Waals surface area contributed by atoms with Crippen LogP contribution in [0.25, 0.3) is 0 Å². The van der Waals surface area contributed by atoms with Gasteiger partial charge in [-0.1, -0.05) is 30.3 Å². The van der Waals surface area contributed by atoms with Crippen LogP contribution in [-0.2, 0) is 6.42 Å². The van der Waals surface area contributed by atoms with Crippen molar-refractivity contribution in [2.24, 2.45) is 5.73 Å². The molecule has 0 radical (unpaired) electrons. The maximum atomic E-state index is 6.14. The van der Waals surface area contributed by atoms with Crippen molar-refractivity contribution in [1.29, 1.82) is 0 Å². The van der Waals surface area contributed by atoms with Gasteiger partial charge in [0, 0.05) is 14.1 Å². The van der Waals surface area contributed by atoms with Crippen LogP contribution in [0, 0.1) is 0 Å². The summed E-state index contributed by atoms with van der Waals surface area (Å²) in [5.41, 5.74) is 13.0. The van der Waals surface area contributed by atoms with Crippen LogP contribution in [0.5, 0.6) is 0 Å². The van der Waals surface area contributed by atoms with Gasteiger partial charge in [0.1, 0.15) is 0 Å². The van der Waals surface area contributed by atoms with Gasteiger partial charge in [-0.25, -0.2) is 0 Å². The van der Waals surface area contributed by atoms with Gasteiger partial charge in [-0.3, -0.25) is 0 Å². The molecule has 2 aromatic rings. The third-order valence-electron chi connectivity index (χ3n) is 2.69. The average Bonchev–Trinajstić information content (AvgIpc) is 2.39.